The van der Waals surface area contributed by atoms with Gasteiger partial charge in [-0.1, -0.05) is 18.7 Å². The summed E-state index contributed by atoms with van der Waals surface area (Å²) in [5.41, 5.74) is 7.39. The molecule has 0 radical (unpaired) electrons. The summed E-state index contributed by atoms with van der Waals surface area (Å²) in [6.45, 7) is 2.01. The third-order valence-electron chi connectivity index (χ3n) is 2.24. The zero-order valence-corrected chi connectivity index (χ0v) is 10.6. The Labute approximate surface area is 109 Å². The lowest BCUT2D eigenvalue weighted by atomic mass is 10.1. The molecule has 0 aliphatic rings. The highest BCUT2D eigenvalue weighted by Crippen LogP contribution is 2.26. The molecule has 0 spiro atoms. The van der Waals surface area contributed by atoms with Crippen molar-refractivity contribution >= 4 is 17.6 Å². The van der Waals surface area contributed by atoms with E-state index >= 15 is 0 Å². The first-order valence-corrected chi connectivity index (χ1v) is 6.35. The van der Waals surface area contributed by atoms with Gasteiger partial charge in [-0.25, -0.2) is 9.97 Å². The van der Waals surface area contributed by atoms with Crippen LogP contribution in [0.15, 0.2) is 29.7 Å². The van der Waals surface area contributed by atoms with E-state index in [1.807, 2.05) is 19.1 Å². The third-order valence-corrected chi connectivity index (χ3v) is 2.97. The van der Waals surface area contributed by atoms with Crippen LogP contribution in [0.3, 0.4) is 0 Å². The van der Waals surface area contributed by atoms with E-state index in [1.165, 1.54) is 11.8 Å². The highest BCUT2D eigenvalue weighted by Gasteiger charge is 2.13. The molecular formula is C12H11N5S. The number of nitriles is 1. The normalized spacial score (nSPS) is 10.0. The Morgan fingerprint density at radius 1 is 1.44 bits per heavy atom. The number of nitrogen functional groups attached to an aromatic ring is 1. The van der Waals surface area contributed by atoms with Gasteiger partial charge in [0, 0.05) is 18.0 Å². The molecule has 90 valence electrons. The number of hydrogen-bond donors (Lipinski definition) is 1. The molecule has 2 aromatic heterocycles. The van der Waals surface area contributed by atoms with Crippen molar-refractivity contribution < 1.29 is 0 Å². The van der Waals surface area contributed by atoms with Gasteiger partial charge in [0.15, 0.2) is 5.16 Å². The highest BCUT2D eigenvalue weighted by molar-refractivity contribution is 7.99. The van der Waals surface area contributed by atoms with E-state index in [0.29, 0.717) is 16.4 Å². The molecular weight excluding hydrogens is 246 g/mol. The zero-order valence-electron chi connectivity index (χ0n) is 9.79. The molecule has 2 heterocycles. The maximum Gasteiger partial charge on any atom is 0.190 e. The second kappa shape index (κ2) is 5.47. The van der Waals surface area contributed by atoms with Gasteiger partial charge in [0.25, 0.3) is 0 Å². The van der Waals surface area contributed by atoms with Gasteiger partial charge in [-0.2, -0.15) is 5.26 Å². The van der Waals surface area contributed by atoms with Crippen LogP contribution in [0.4, 0.5) is 5.82 Å². The Morgan fingerprint density at radius 2 is 2.28 bits per heavy atom. The van der Waals surface area contributed by atoms with Gasteiger partial charge >= 0.3 is 0 Å². The van der Waals surface area contributed by atoms with Crippen molar-refractivity contribution in [3.63, 3.8) is 0 Å². The number of pyridine rings is 1. The quantitative estimate of drug-likeness (QED) is 0.669. The van der Waals surface area contributed by atoms with E-state index in [9.17, 15) is 0 Å². The van der Waals surface area contributed by atoms with Crippen molar-refractivity contribution in [3.05, 3.63) is 30.1 Å². The molecule has 0 saturated carbocycles. The monoisotopic (exact) mass is 257 g/mol. The first kappa shape index (κ1) is 12.3. The van der Waals surface area contributed by atoms with Crippen LogP contribution in [-0.4, -0.2) is 20.7 Å². The lowest BCUT2D eigenvalue weighted by Crippen LogP contribution is -2.02. The van der Waals surface area contributed by atoms with Crippen molar-refractivity contribution in [3.8, 4) is 17.3 Å². The van der Waals surface area contributed by atoms with E-state index in [2.05, 4.69) is 15.0 Å². The molecule has 0 amide bonds. The van der Waals surface area contributed by atoms with Crippen LogP contribution in [0.5, 0.6) is 0 Å². The topological polar surface area (TPSA) is 88.5 Å². The van der Waals surface area contributed by atoms with Crippen LogP contribution in [0, 0.1) is 11.3 Å². The van der Waals surface area contributed by atoms with Crippen LogP contribution >= 0.6 is 11.8 Å². The molecule has 0 unspecified atom stereocenters. The minimum Gasteiger partial charge on any atom is -0.382 e. The number of thioether (sulfide) groups is 1. The van der Waals surface area contributed by atoms with Gasteiger partial charge < -0.3 is 5.73 Å². The fourth-order valence-electron chi connectivity index (χ4n) is 1.47. The average Bonchev–Trinajstić information content (AvgIpc) is 2.39. The van der Waals surface area contributed by atoms with Crippen LogP contribution in [-0.2, 0) is 0 Å². The van der Waals surface area contributed by atoms with Crippen LogP contribution < -0.4 is 5.73 Å². The minimum absolute atomic E-state index is 0.210. The molecule has 0 aliphatic heterocycles. The Morgan fingerprint density at radius 3 is 2.89 bits per heavy atom. The minimum atomic E-state index is 0.210. The summed E-state index contributed by atoms with van der Waals surface area (Å²) in [5, 5.41) is 9.72. The lowest BCUT2D eigenvalue weighted by molar-refractivity contribution is 0.975. The Bertz CT molecular complexity index is 591. The van der Waals surface area contributed by atoms with Gasteiger partial charge in [-0.3, -0.25) is 4.98 Å². The molecule has 2 rings (SSSR count). The predicted octanol–water partition coefficient (Wildman–Crippen LogP) is 2.10. The van der Waals surface area contributed by atoms with E-state index in [1.54, 1.807) is 18.5 Å². The van der Waals surface area contributed by atoms with Gasteiger partial charge in [-0.05, 0) is 17.9 Å². The molecule has 6 heteroatoms. The lowest BCUT2D eigenvalue weighted by Gasteiger charge is -2.07. The molecule has 0 aliphatic carbocycles. The molecule has 0 atom stereocenters. The Hall–Kier alpha value is -2.13. The van der Waals surface area contributed by atoms with Crippen molar-refractivity contribution in [1.29, 1.82) is 5.26 Å². The summed E-state index contributed by atoms with van der Waals surface area (Å²) in [4.78, 5) is 12.5. The van der Waals surface area contributed by atoms with Crippen LogP contribution in [0.2, 0.25) is 0 Å². The largest absolute Gasteiger partial charge is 0.382 e. The predicted molar refractivity (Wildman–Crippen MR) is 70.8 cm³/mol. The Kier molecular flexibility index (Phi) is 3.75. The molecule has 0 aromatic carbocycles. The van der Waals surface area contributed by atoms with Gasteiger partial charge in [0.2, 0.25) is 0 Å². The number of nitrogens with zero attached hydrogens (tertiary/aromatic N) is 4. The molecule has 5 nitrogen and oxygen atoms in total. The summed E-state index contributed by atoms with van der Waals surface area (Å²) in [6, 6.07) is 5.68. The summed E-state index contributed by atoms with van der Waals surface area (Å²) in [5.74, 6) is 1.06. The smallest absolute Gasteiger partial charge is 0.190 e. The molecule has 0 saturated heterocycles. The maximum atomic E-state index is 9.14. The second-order valence-corrected chi connectivity index (χ2v) is 4.63. The van der Waals surface area contributed by atoms with Crippen molar-refractivity contribution in [2.75, 3.05) is 11.5 Å². The van der Waals surface area contributed by atoms with E-state index in [-0.39, 0.29) is 5.82 Å². The standard InChI is InChI=1S/C12H11N5S/c1-2-18-12-16-10(8-4-3-5-15-7-8)9(6-13)11(14)17-12/h3-5,7H,2H2,1H3,(H2,14,16,17). The van der Waals surface area contributed by atoms with Crippen LogP contribution in [0.1, 0.15) is 12.5 Å². The fourth-order valence-corrected chi connectivity index (χ4v) is 2.05. The first-order valence-electron chi connectivity index (χ1n) is 5.37. The SMILES string of the molecule is CCSc1nc(N)c(C#N)c(-c2cccnc2)n1. The number of rotatable bonds is 3. The Balaban J connectivity index is 2.61. The first-order chi connectivity index (χ1) is 8.76. The summed E-state index contributed by atoms with van der Waals surface area (Å²) in [7, 11) is 0. The third kappa shape index (κ3) is 2.41. The molecule has 2 N–H and O–H groups in total. The second-order valence-electron chi connectivity index (χ2n) is 3.40. The van der Waals surface area contributed by atoms with E-state index in [4.69, 9.17) is 11.0 Å². The van der Waals surface area contributed by atoms with E-state index in [0.717, 1.165) is 11.3 Å². The van der Waals surface area contributed by atoms with Gasteiger partial charge in [-0.15, -0.1) is 0 Å². The summed E-state index contributed by atoms with van der Waals surface area (Å²) in [6.07, 6.45) is 3.32. The van der Waals surface area contributed by atoms with Crippen molar-refractivity contribution in [2.24, 2.45) is 0 Å². The number of hydrogen-bond acceptors (Lipinski definition) is 6. The molecule has 2 aromatic rings. The van der Waals surface area contributed by atoms with E-state index < -0.39 is 0 Å². The van der Waals surface area contributed by atoms with Crippen molar-refractivity contribution in [1.82, 2.24) is 15.0 Å². The zero-order chi connectivity index (χ0) is 13.0. The summed E-state index contributed by atoms with van der Waals surface area (Å²) < 4.78 is 0. The number of nitrogens with two attached hydrogens (primary N) is 1. The molecule has 0 bridgehead atoms. The van der Waals surface area contributed by atoms with Gasteiger partial charge in [0.05, 0.1) is 5.69 Å². The van der Waals surface area contributed by atoms with Crippen molar-refractivity contribution in [2.45, 2.75) is 12.1 Å². The highest BCUT2D eigenvalue weighted by atomic mass is 32.2. The number of anilines is 1. The van der Waals surface area contributed by atoms with Crippen LogP contribution in [0.25, 0.3) is 11.3 Å². The maximum absolute atomic E-state index is 9.14. The van der Waals surface area contributed by atoms with Gasteiger partial charge in [0.1, 0.15) is 17.5 Å². The average molecular weight is 257 g/mol. The summed E-state index contributed by atoms with van der Waals surface area (Å²) >= 11 is 1.49. The fraction of sp³-hybridized carbons (Fsp3) is 0.167. The molecule has 18 heavy (non-hydrogen) atoms. The molecule has 0 fully saturated rings. The number of aromatic nitrogens is 3.